The van der Waals surface area contributed by atoms with Crippen LogP contribution in [0.1, 0.15) is 5.56 Å². The fourth-order valence-electron chi connectivity index (χ4n) is 1.51. The van der Waals surface area contributed by atoms with Crippen LogP contribution < -0.4 is 10.5 Å². The summed E-state index contributed by atoms with van der Waals surface area (Å²) in [6, 6.07) is 4.88. The van der Waals surface area contributed by atoms with Gasteiger partial charge in [0.05, 0.1) is 0 Å². The summed E-state index contributed by atoms with van der Waals surface area (Å²) in [5.74, 6) is -0.770. The lowest BCUT2D eigenvalue weighted by molar-refractivity contribution is 0.570. The Morgan fingerprint density at radius 2 is 2.05 bits per heavy atom. The summed E-state index contributed by atoms with van der Waals surface area (Å²) >= 11 is 3.26. The highest BCUT2D eigenvalue weighted by Gasteiger charge is 2.20. The van der Waals surface area contributed by atoms with Gasteiger partial charge in [-0.1, -0.05) is 0 Å². The zero-order valence-corrected chi connectivity index (χ0v) is 12.8. The summed E-state index contributed by atoms with van der Waals surface area (Å²) in [6.07, 6.45) is 1.46. The van der Waals surface area contributed by atoms with Gasteiger partial charge in [0.25, 0.3) is 10.0 Å². The van der Waals surface area contributed by atoms with Crippen molar-refractivity contribution in [3.05, 3.63) is 46.3 Å². The predicted octanol–water partition coefficient (Wildman–Crippen LogP) is 2.67. The summed E-state index contributed by atoms with van der Waals surface area (Å²) in [6.45, 7) is 1.78. The monoisotopic (exact) mass is 359 g/mol. The number of nitrogens with zero attached hydrogens (tertiary/aromatic N) is 1. The number of rotatable bonds is 3. The third-order valence-electron chi connectivity index (χ3n) is 2.53. The highest BCUT2D eigenvalue weighted by molar-refractivity contribution is 9.10. The van der Waals surface area contributed by atoms with Gasteiger partial charge >= 0.3 is 0 Å². The van der Waals surface area contributed by atoms with Gasteiger partial charge in [0.15, 0.2) is 0 Å². The smallest absolute Gasteiger partial charge is 0.266 e. The number of benzene rings is 1. The second kappa shape index (κ2) is 5.37. The Balaban J connectivity index is 2.40. The van der Waals surface area contributed by atoms with Crippen molar-refractivity contribution in [3.63, 3.8) is 0 Å². The first-order chi connectivity index (χ1) is 9.29. The number of hydrogen-bond donors (Lipinski definition) is 2. The average molecular weight is 360 g/mol. The minimum absolute atomic E-state index is 0.104. The van der Waals surface area contributed by atoms with Crippen molar-refractivity contribution >= 4 is 37.5 Å². The van der Waals surface area contributed by atoms with E-state index >= 15 is 0 Å². The molecule has 0 unspecified atom stereocenters. The molecule has 2 rings (SSSR count). The standard InChI is InChI=1S/C12H11BrFN3O2S/c1-7-4-12(16-6-9(7)13)17-20(18,19)11-5-8(15)2-3-10(11)14/h2-6H,15H2,1H3,(H,16,17). The number of anilines is 2. The van der Waals surface area contributed by atoms with Crippen molar-refractivity contribution in [2.45, 2.75) is 11.8 Å². The Morgan fingerprint density at radius 3 is 2.70 bits per heavy atom. The molecule has 1 heterocycles. The Bertz CT molecular complexity index is 765. The van der Waals surface area contributed by atoms with E-state index in [4.69, 9.17) is 5.73 Å². The Kier molecular flexibility index (Phi) is 3.96. The Labute approximate surface area is 124 Å². The second-order valence-electron chi connectivity index (χ2n) is 4.11. The van der Waals surface area contributed by atoms with Crippen LogP contribution >= 0.6 is 15.9 Å². The van der Waals surface area contributed by atoms with Gasteiger partial charge in [-0.15, -0.1) is 0 Å². The van der Waals surface area contributed by atoms with Crippen molar-refractivity contribution in [1.29, 1.82) is 0 Å². The highest BCUT2D eigenvalue weighted by Crippen LogP contribution is 2.22. The molecule has 0 aliphatic rings. The number of sulfonamides is 1. The molecule has 0 bridgehead atoms. The van der Waals surface area contributed by atoms with Gasteiger partial charge in [-0.25, -0.2) is 17.8 Å². The zero-order valence-electron chi connectivity index (χ0n) is 10.4. The molecule has 106 valence electrons. The number of pyridine rings is 1. The predicted molar refractivity (Wildman–Crippen MR) is 78.3 cm³/mol. The summed E-state index contributed by atoms with van der Waals surface area (Å²) in [5, 5.41) is 0. The first-order valence-electron chi connectivity index (χ1n) is 5.49. The van der Waals surface area contributed by atoms with E-state index in [1.807, 2.05) is 0 Å². The maximum Gasteiger partial charge on any atom is 0.266 e. The molecule has 1 aromatic carbocycles. The number of hydrogen-bond acceptors (Lipinski definition) is 4. The highest BCUT2D eigenvalue weighted by atomic mass is 79.9. The van der Waals surface area contributed by atoms with Crippen LogP contribution in [0, 0.1) is 12.7 Å². The van der Waals surface area contributed by atoms with Gasteiger partial charge in [-0.2, -0.15) is 0 Å². The topological polar surface area (TPSA) is 85.1 Å². The van der Waals surface area contributed by atoms with E-state index in [0.717, 1.165) is 22.2 Å². The number of aryl methyl sites for hydroxylation is 1. The fourth-order valence-corrected chi connectivity index (χ4v) is 2.84. The molecular formula is C12H11BrFN3O2S. The molecule has 5 nitrogen and oxygen atoms in total. The van der Waals surface area contributed by atoms with Crippen LogP contribution in [0.3, 0.4) is 0 Å². The maximum absolute atomic E-state index is 13.6. The van der Waals surface area contributed by atoms with E-state index in [-0.39, 0.29) is 11.5 Å². The third-order valence-corrected chi connectivity index (χ3v) is 4.73. The molecule has 3 N–H and O–H groups in total. The fraction of sp³-hybridized carbons (Fsp3) is 0.0833. The van der Waals surface area contributed by atoms with Gasteiger partial charge in [-0.05, 0) is 52.7 Å². The van der Waals surface area contributed by atoms with Gasteiger partial charge in [0.2, 0.25) is 0 Å². The minimum atomic E-state index is -4.08. The van der Waals surface area contributed by atoms with Gasteiger partial charge in [0, 0.05) is 16.4 Å². The molecule has 1 aromatic heterocycles. The van der Waals surface area contributed by atoms with Crippen LogP contribution in [0.2, 0.25) is 0 Å². The molecule has 2 aromatic rings. The van der Waals surface area contributed by atoms with E-state index in [0.29, 0.717) is 0 Å². The van der Waals surface area contributed by atoms with Gasteiger partial charge in [0.1, 0.15) is 16.5 Å². The molecule has 0 aliphatic heterocycles. The molecular weight excluding hydrogens is 349 g/mol. The van der Waals surface area contributed by atoms with Crippen molar-refractivity contribution < 1.29 is 12.8 Å². The Hall–Kier alpha value is -1.67. The third kappa shape index (κ3) is 3.07. The number of nitrogens with two attached hydrogens (primary N) is 1. The molecule has 0 fully saturated rings. The van der Waals surface area contributed by atoms with Crippen LogP contribution in [0.4, 0.5) is 15.9 Å². The molecule has 0 saturated carbocycles. The molecule has 0 spiro atoms. The molecule has 8 heteroatoms. The number of nitrogen functional groups attached to an aromatic ring is 1. The number of nitrogens with one attached hydrogen (secondary N) is 1. The molecule has 20 heavy (non-hydrogen) atoms. The summed E-state index contributed by atoms with van der Waals surface area (Å²) < 4.78 is 40.8. The van der Waals surface area contributed by atoms with Crippen molar-refractivity contribution in [2.75, 3.05) is 10.5 Å². The first kappa shape index (κ1) is 14.7. The van der Waals surface area contributed by atoms with E-state index in [1.165, 1.54) is 18.3 Å². The SMILES string of the molecule is Cc1cc(NS(=O)(=O)c2cc(N)ccc2F)ncc1Br. The van der Waals surface area contributed by atoms with E-state index < -0.39 is 20.7 Å². The van der Waals surface area contributed by atoms with Crippen molar-refractivity contribution in [3.8, 4) is 0 Å². The largest absolute Gasteiger partial charge is 0.399 e. The zero-order chi connectivity index (χ0) is 14.9. The van der Waals surface area contributed by atoms with Crippen LogP contribution in [0.25, 0.3) is 0 Å². The van der Waals surface area contributed by atoms with Crippen molar-refractivity contribution in [1.82, 2.24) is 4.98 Å². The lowest BCUT2D eigenvalue weighted by atomic mass is 10.3. The minimum Gasteiger partial charge on any atom is -0.399 e. The van der Waals surface area contributed by atoms with E-state index in [9.17, 15) is 12.8 Å². The lowest BCUT2D eigenvalue weighted by Crippen LogP contribution is -2.16. The Morgan fingerprint density at radius 1 is 1.35 bits per heavy atom. The van der Waals surface area contributed by atoms with Crippen LogP contribution in [0.15, 0.2) is 39.8 Å². The normalized spacial score (nSPS) is 11.3. The quantitative estimate of drug-likeness (QED) is 0.825. The van der Waals surface area contributed by atoms with Crippen LogP contribution in [0.5, 0.6) is 0 Å². The second-order valence-corrected chi connectivity index (χ2v) is 6.62. The summed E-state index contributed by atoms with van der Waals surface area (Å²) in [5.41, 5.74) is 6.44. The number of halogens is 2. The average Bonchev–Trinajstić information content (AvgIpc) is 2.36. The first-order valence-corrected chi connectivity index (χ1v) is 7.77. The molecule has 0 radical (unpaired) electrons. The van der Waals surface area contributed by atoms with E-state index in [2.05, 4.69) is 25.6 Å². The molecule has 0 amide bonds. The van der Waals surface area contributed by atoms with Crippen LogP contribution in [-0.2, 0) is 10.0 Å². The van der Waals surface area contributed by atoms with Crippen LogP contribution in [-0.4, -0.2) is 13.4 Å². The molecule has 0 atom stereocenters. The summed E-state index contributed by atoms with van der Waals surface area (Å²) in [7, 11) is -4.08. The van der Waals surface area contributed by atoms with Crippen molar-refractivity contribution in [2.24, 2.45) is 0 Å². The number of aromatic nitrogens is 1. The molecule has 0 saturated heterocycles. The maximum atomic E-state index is 13.6. The summed E-state index contributed by atoms with van der Waals surface area (Å²) in [4.78, 5) is 3.40. The van der Waals surface area contributed by atoms with E-state index in [1.54, 1.807) is 6.92 Å². The van der Waals surface area contributed by atoms with Gasteiger partial charge in [-0.3, -0.25) is 4.72 Å². The lowest BCUT2D eigenvalue weighted by Gasteiger charge is -2.09. The van der Waals surface area contributed by atoms with Gasteiger partial charge < -0.3 is 5.73 Å². The molecule has 0 aliphatic carbocycles.